The second-order valence-corrected chi connectivity index (χ2v) is 8.13. The number of nitrogens with one attached hydrogen (secondary N) is 2. The molecule has 0 bridgehead atoms. The summed E-state index contributed by atoms with van der Waals surface area (Å²) in [6.07, 6.45) is 2.95. The minimum atomic E-state index is -0.353. The zero-order valence-electron chi connectivity index (χ0n) is 15.8. The normalized spacial score (nSPS) is 10.9. The minimum absolute atomic E-state index is 0.222. The van der Waals surface area contributed by atoms with Crippen molar-refractivity contribution in [3.8, 4) is 11.3 Å². The average Bonchev–Trinajstić information content (AvgIpc) is 3.14. The zero-order chi connectivity index (χ0) is 21.0. The number of rotatable bonds is 4. The Labute approximate surface area is 188 Å². The predicted molar refractivity (Wildman–Crippen MR) is 126 cm³/mol. The van der Waals surface area contributed by atoms with Crippen molar-refractivity contribution in [2.24, 2.45) is 0 Å². The molecule has 0 spiro atoms. The Balaban J connectivity index is 1.59. The van der Waals surface area contributed by atoms with Crippen LogP contribution in [0.1, 0.15) is 16.9 Å². The van der Waals surface area contributed by atoms with Crippen LogP contribution in [0.15, 0.2) is 63.5 Å². The Hall–Kier alpha value is -2.41. The Kier molecular flexibility index (Phi) is 6.90. The van der Waals surface area contributed by atoms with Crippen molar-refractivity contribution in [1.29, 1.82) is 0 Å². The van der Waals surface area contributed by atoms with E-state index in [4.69, 9.17) is 28.2 Å². The van der Waals surface area contributed by atoms with Gasteiger partial charge in [-0.15, -0.1) is 0 Å². The molecule has 0 atom stereocenters. The number of hydrogen-bond acceptors (Lipinski definition) is 3. The van der Waals surface area contributed by atoms with Crippen LogP contribution in [0.3, 0.4) is 0 Å². The van der Waals surface area contributed by atoms with Crippen molar-refractivity contribution in [2.45, 2.75) is 13.8 Å². The van der Waals surface area contributed by atoms with E-state index in [0.717, 1.165) is 26.9 Å². The van der Waals surface area contributed by atoms with Crippen molar-refractivity contribution >= 4 is 62.5 Å². The molecule has 3 aromatic rings. The third-order valence-corrected chi connectivity index (χ3v) is 5.26. The maximum atomic E-state index is 12.1. The summed E-state index contributed by atoms with van der Waals surface area (Å²) in [7, 11) is 0. The highest BCUT2D eigenvalue weighted by Crippen LogP contribution is 2.27. The lowest BCUT2D eigenvalue weighted by Crippen LogP contribution is -2.33. The van der Waals surface area contributed by atoms with Crippen molar-refractivity contribution in [3.63, 3.8) is 0 Å². The van der Waals surface area contributed by atoms with Gasteiger partial charge in [0.05, 0.1) is 0 Å². The number of thiocarbonyl (C=S) groups is 1. The van der Waals surface area contributed by atoms with E-state index in [-0.39, 0.29) is 11.0 Å². The van der Waals surface area contributed by atoms with Crippen LogP contribution in [0.2, 0.25) is 5.02 Å². The van der Waals surface area contributed by atoms with Gasteiger partial charge >= 0.3 is 0 Å². The lowest BCUT2D eigenvalue weighted by molar-refractivity contribution is -0.115. The van der Waals surface area contributed by atoms with Crippen molar-refractivity contribution < 1.29 is 9.21 Å². The number of carbonyl (C=O) groups is 1. The molecule has 2 aromatic carbocycles. The highest BCUT2D eigenvalue weighted by molar-refractivity contribution is 9.10. The van der Waals surface area contributed by atoms with Crippen molar-refractivity contribution in [2.75, 3.05) is 5.32 Å². The first kappa shape index (κ1) is 21.3. The molecule has 1 amide bonds. The molecule has 0 aliphatic rings. The number of furan rings is 1. The molecule has 0 saturated heterocycles. The topological polar surface area (TPSA) is 54.3 Å². The van der Waals surface area contributed by atoms with Crippen LogP contribution < -0.4 is 10.6 Å². The van der Waals surface area contributed by atoms with E-state index < -0.39 is 0 Å². The number of aryl methyl sites for hydroxylation is 2. The average molecular weight is 490 g/mol. The maximum absolute atomic E-state index is 12.1. The van der Waals surface area contributed by atoms with Crippen LogP contribution >= 0.6 is 39.7 Å². The van der Waals surface area contributed by atoms with E-state index in [9.17, 15) is 4.79 Å². The summed E-state index contributed by atoms with van der Waals surface area (Å²) >= 11 is 14.8. The smallest absolute Gasteiger partial charge is 0.250 e. The van der Waals surface area contributed by atoms with Gasteiger partial charge in [-0.25, -0.2) is 0 Å². The lowest BCUT2D eigenvalue weighted by atomic mass is 10.1. The van der Waals surface area contributed by atoms with Crippen LogP contribution in [0, 0.1) is 13.8 Å². The Morgan fingerprint density at radius 2 is 1.90 bits per heavy atom. The number of anilines is 1. The fourth-order valence-corrected chi connectivity index (χ4v) is 3.44. The molecule has 7 heteroatoms. The van der Waals surface area contributed by atoms with E-state index in [0.29, 0.717) is 16.5 Å². The van der Waals surface area contributed by atoms with Gasteiger partial charge in [0.1, 0.15) is 11.5 Å². The maximum Gasteiger partial charge on any atom is 0.250 e. The van der Waals surface area contributed by atoms with Crippen molar-refractivity contribution in [3.05, 3.63) is 81.0 Å². The molecule has 1 aromatic heterocycles. The molecule has 29 heavy (non-hydrogen) atoms. The predicted octanol–water partition coefficient (Wildman–Crippen LogP) is 6.51. The van der Waals surface area contributed by atoms with E-state index in [1.54, 1.807) is 12.1 Å². The van der Waals surface area contributed by atoms with E-state index in [2.05, 4.69) is 26.6 Å². The Morgan fingerprint density at radius 3 is 2.62 bits per heavy atom. The van der Waals surface area contributed by atoms with Gasteiger partial charge in [-0.3, -0.25) is 10.1 Å². The van der Waals surface area contributed by atoms with Crippen molar-refractivity contribution in [1.82, 2.24) is 5.32 Å². The summed E-state index contributed by atoms with van der Waals surface area (Å²) in [6.45, 7) is 3.89. The van der Waals surface area contributed by atoms with Crippen LogP contribution in [0.4, 0.5) is 5.69 Å². The molecule has 0 saturated carbocycles. The first-order chi connectivity index (χ1) is 13.8. The number of benzene rings is 2. The molecule has 1 heterocycles. The highest BCUT2D eigenvalue weighted by atomic mass is 79.9. The lowest BCUT2D eigenvalue weighted by Gasteiger charge is -2.10. The molecular formula is C22H18BrClN2O2S. The fourth-order valence-electron chi connectivity index (χ4n) is 2.58. The van der Waals surface area contributed by atoms with Crippen LogP contribution in [-0.2, 0) is 4.79 Å². The van der Waals surface area contributed by atoms with Gasteiger partial charge in [-0.05, 0) is 79.7 Å². The van der Waals surface area contributed by atoms with E-state index >= 15 is 0 Å². The number of hydrogen-bond donors (Lipinski definition) is 2. The molecule has 0 aliphatic carbocycles. The summed E-state index contributed by atoms with van der Waals surface area (Å²) in [5, 5.41) is 6.53. The summed E-state index contributed by atoms with van der Waals surface area (Å²) in [5.41, 5.74) is 3.71. The molecule has 148 valence electrons. The van der Waals surface area contributed by atoms with Crippen LogP contribution in [0.25, 0.3) is 17.4 Å². The molecule has 0 radical (unpaired) electrons. The van der Waals surface area contributed by atoms with E-state index in [1.165, 1.54) is 6.08 Å². The zero-order valence-corrected chi connectivity index (χ0v) is 18.9. The van der Waals surface area contributed by atoms with Gasteiger partial charge in [-0.2, -0.15) is 0 Å². The standard InChI is InChI=1S/C22H18BrClN2O2S/c1-13-3-4-15(12-18(13)24)20-9-6-17(28-20)7-10-21(27)26-22(29)25-19-8-5-16(23)11-14(19)2/h3-12H,1-2H3,(H2,25,26,27,29)/b10-7+. The number of carbonyl (C=O) groups excluding carboxylic acids is 1. The molecular weight excluding hydrogens is 472 g/mol. The summed E-state index contributed by atoms with van der Waals surface area (Å²) in [5.74, 6) is 0.873. The largest absolute Gasteiger partial charge is 0.457 e. The monoisotopic (exact) mass is 488 g/mol. The minimum Gasteiger partial charge on any atom is -0.457 e. The van der Waals surface area contributed by atoms with Gasteiger partial charge in [-0.1, -0.05) is 39.7 Å². The summed E-state index contributed by atoms with van der Waals surface area (Å²) in [6, 6.07) is 15.1. The third-order valence-electron chi connectivity index (χ3n) is 4.16. The van der Waals surface area contributed by atoms with Crippen LogP contribution in [-0.4, -0.2) is 11.0 Å². The van der Waals surface area contributed by atoms with Gasteiger partial charge in [0, 0.05) is 26.8 Å². The van der Waals surface area contributed by atoms with Gasteiger partial charge in [0.15, 0.2) is 5.11 Å². The third kappa shape index (κ3) is 5.79. The second kappa shape index (κ2) is 9.39. The van der Waals surface area contributed by atoms with Gasteiger partial charge in [0.25, 0.3) is 0 Å². The molecule has 0 aliphatic heterocycles. The first-order valence-corrected chi connectivity index (χ1v) is 10.3. The highest BCUT2D eigenvalue weighted by Gasteiger charge is 2.07. The summed E-state index contributed by atoms with van der Waals surface area (Å²) < 4.78 is 6.74. The Morgan fingerprint density at radius 1 is 1.10 bits per heavy atom. The first-order valence-electron chi connectivity index (χ1n) is 8.74. The van der Waals surface area contributed by atoms with Crippen LogP contribution in [0.5, 0.6) is 0 Å². The van der Waals surface area contributed by atoms with Gasteiger partial charge < -0.3 is 9.73 Å². The fraction of sp³-hybridized carbons (Fsp3) is 0.0909. The SMILES string of the molecule is Cc1ccc(-c2ccc(/C=C/C(=O)NC(=S)Nc3ccc(Br)cc3C)o2)cc1Cl. The number of amides is 1. The summed E-state index contributed by atoms with van der Waals surface area (Å²) in [4.78, 5) is 12.1. The second-order valence-electron chi connectivity index (χ2n) is 6.40. The molecule has 4 nitrogen and oxygen atoms in total. The number of halogens is 2. The molecule has 3 rings (SSSR count). The quantitative estimate of drug-likeness (QED) is 0.324. The Bertz CT molecular complexity index is 1110. The van der Waals surface area contributed by atoms with E-state index in [1.807, 2.05) is 56.3 Å². The van der Waals surface area contributed by atoms with Gasteiger partial charge in [0.2, 0.25) is 5.91 Å². The molecule has 2 N–H and O–H groups in total. The molecule has 0 unspecified atom stereocenters. The molecule has 0 fully saturated rings.